The Morgan fingerprint density at radius 2 is 2.09 bits per heavy atom. The van der Waals surface area contributed by atoms with E-state index in [1.165, 1.54) is 11.1 Å². The van der Waals surface area contributed by atoms with Crippen LogP contribution in [0.4, 0.5) is 5.95 Å². The molecule has 0 aliphatic heterocycles. The number of nitrogens with zero attached hydrogens (tertiary/aromatic N) is 4. The molecule has 0 bridgehead atoms. The first-order valence-corrected chi connectivity index (χ1v) is 7.89. The van der Waals surface area contributed by atoms with Gasteiger partial charge in [-0.05, 0) is 42.5 Å². The Morgan fingerprint density at radius 1 is 1.22 bits per heavy atom. The molecule has 0 saturated heterocycles. The summed E-state index contributed by atoms with van der Waals surface area (Å²) in [6.45, 7) is 2.02. The molecule has 5 nitrogen and oxygen atoms in total. The summed E-state index contributed by atoms with van der Waals surface area (Å²) in [5, 5.41) is 7.73. The highest BCUT2D eigenvalue weighted by molar-refractivity contribution is 5.60. The van der Waals surface area contributed by atoms with Crippen molar-refractivity contribution in [3.05, 3.63) is 59.4 Å². The molecule has 1 aliphatic carbocycles. The fraction of sp³-hybridized carbons (Fsp3) is 0.278. The van der Waals surface area contributed by atoms with E-state index in [1.54, 1.807) is 6.20 Å². The van der Waals surface area contributed by atoms with Gasteiger partial charge in [0.05, 0.1) is 17.4 Å². The van der Waals surface area contributed by atoms with Gasteiger partial charge in [0.2, 0.25) is 5.95 Å². The molecule has 3 aromatic rings. The van der Waals surface area contributed by atoms with E-state index in [9.17, 15) is 0 Å². The van der Waals surface area contributed by atoms with Crippen molar-refractivity contribution >= 4 is 5.95 Å². The number of aryl methyl sites for hydroxylation is 3. The minimum atomic E-state index is 0.285. The second-order valence-corrected chi connectivity index (χ2v) is 6.00. The lowest BCUT2D eigenvalue weighted by Gasteiger charge is -2.15. The summed E-state index contributed by atoms with van der Waals surface area (Å²) < 4.78 is 1.84. The van der Waals surface area contributed by atoms with Crippen LogP contribution in [0.5, 0.6) is 0 Å². The fourth-order valence-corrected chi connectivity index (χ4v) is 3.24. The highest BCUT2D eigenvalue weighted by Gasteiger charge is 2.22. The smallest absolute Gasteiger partial charge is 0.223 e. The van der Waals surface area contributed by atoms with Crippen LogP contribution >= 0.6 is 0 Å². The van der Waals surface area contributed by atoms with Gasteiger partial charge in [-0.3, -0.25) is 4.68 Å². The molecule has 2 aromatic heterocycles. The maximum absolute atomic E-state index is 4.73. The molecule has 0 radical (unpaired) electrons. The van der Waals surface area contributed by atoms with Crippen molar-refractivity contribution in [2.75, 3.05) is 5.32 Å². The monoisotopic (exact) mass is 305 g/mol. The topological polar surface area (TPSA) is 55.6 Å². The average Bonchev–Trinajstić information content (AvgIpc) is 3.16. The Bertz CT molecular complexity index is 852. The highest BCUT2D eigenvalue weighted by atomic mass is 15.3. The minimum absolute atomic E-state index is 0.285. The molecular formula is C18H19N5. The van der Waals surface area contributed by atoms with Crippen LogP contribution in [0.1, 0.15) is 29.2 Å². The molecule has 4 rings (SSSR count). The molecular weight excluding hydrogens is 286 g/mol. The van der Waals surface area contributed by atoms with Crippen LogP contribution in [0, 0.1) is 6.92 Å². The Balaban J connectivity index is 1.65. The predicted octanol–water partition coefficient (Wildman–Crippen LogP) is 3.28. The third-order valence-electron chi connectivity index (χ3n) is 4.47. The van der Waals surface area contributed by atoms with Crippen LogP contribution in [-0.4, -0.2) is 19.7 Å². The number of hydrogen-bond acceptors (Lipinski definition) is 4. The van der Waals surface area contributed by atoms with Crippen molar-refractivity contribution < 1.29 is 0 Å². The highest BCUT2D eigenvalue weighted by Crippen LogP contribution is 2.33. The van der Waals surface area contributed by atoms with Gasteiger partial charge in [0.15, 0.2) is 0 Å². The Morgan fingerprint density at radius 3 is 2.91 bits per heavy atom. The van der Waals surface area contributed by atoms with Crippen molar-refractivity contribution in [1.29, 1.82) is 0 Å². The van der Waals surface area contributed by atoms with Gasteiger partial charge >= 0.3 is 0 Å². The van der Waals surface area contributed by atoms with Crippen molar-refractivity contribution in [3.8, 4) is 11.4 Å². The van der Waals surface area contributed by atoms with E-state index in [-0.39, 0.29) is 6.04 Å². The van der Waals surface area contributed by atoms with Crippen molar-refractivity contribution in [1.82, 2.24) is 19.7 Å². The van der Waals surface area contributed by atoms with Crippen molar-refractivity contribution in [2.45, 2.75) is 25.8 Å². The van der Waals surface area contributed by atoms with E-state index in [2.05, 4.69) is 39.7 Å². The number of benzene rings is 1. The molecule has 0 saturated carbocycles. The van der Waals surface area contributed by atoms with Crippen molar-refractivity contribution in [2.24, 2.45) is 7.05 Å². The first-order chi connectivity index (χ1) is 11.2. The first kappa shape index (κ1) is 13.9. The zero-order valence-electron chi connectivity index (χ0n) is 13.3. The van der Waals surface area contributed by atoms with Gasteiger partial charge < -0.3 is 5.32 Å². The minimum Gasteiger partial charge on any atom is -0.347 e. The van der Waals surface area contributed by atoms with Crippen molar-refractivity contribution in [3.63, 3.8) is 0 Å². The predicted molar refractivity (Wildman–Crippen MR) is 90.1 cm³/mol. The third kappa shape index (κ3) is 2.48. The van der Waals surface area contributed by atoms with E-state index in [4.69, 9.17) is 4.98 Å². The largest absolute Gasteiger partial charge is 0.347 e. The van der Waals surface area contributed by atoms with Gasteiger partial charge in [-0.2, -0.15) is 5.10 Å². The quantitative estimate of drug-likeness (QED) is 0.807. The molecule has 1 unspecified atom stereocenters. The molecule has 1 N–H and O–H groups in total. The van der Waals surface area contributed by atoms with Crippen LogP contribution in [0.25, 0.3) is 11.4 Å². The van der Waals surface area contributed by atoms with E-state index in [0.29, 0.717) is 5.95 Å². The number of aromatic nitrogens is 4. The number of hydrogen-bond donors (Lipinski definition) is 1. The zero-order chi connectivity index (χ0) is 15.8. The Kier molecular flexibility index (Phi) is 3.33. The second kappa shape index (κ2) is 5.50. The van der Waals surface area contributed by atoms with E-state index in [1.807, 2.05) is 30.9 Å². The lowest BCUT2D eigenvalue weighted by atomic mass is 10.1. The standard InChI is InChI=1S/C18H19N5/c1-12-11-19-18(22-17(12)16-9-10-20-23(16)2)21-15-8-7-13-5-3-4-6-14(13)15/h3-6,9-11,15H,7-8H2,1-2H3,(H,19,21,22). The average molecular weight is 305 g/mol. The molecule has 116 valence electrons. The van der Waals surface area contributed by atoms with Crippen LogP contribution in [0.15, 0.2) is 42.7 Å². The van der Waals surface area contributed by atoms with E-state index >= 15 is 0 Å². The molecule has 0 fully saturated rings. The molecule has 2 heterocycles. The number of fused-ring (bicyclic) bond motifs is 1. The summed E-state index contributed by atoms with van der Waals surface area (Å²) in [7, 11) is 1.93. The van der Waals surface area contributed by atoms with Gasteiger partial charge in [-0.15, -0.1) is 0 Å². The van der Waals surface area contributed by atoms with Crippen LogP contribution in [-0.2, 0) is 13.5 Å². The van der Waals surface area contributed by atoms with Gasteiger partial charge in [-0.1, -0.05) is 24.3 Å². The number of nitrogens with one attached hydrogen (secondary N) is 1. The van der Waals surface area contributed by atoms with Crippen LogP contribution in [0.3, 0.4) is 0 Å². The second-order valence-electron chi connectivity index (χ2n) is 6.00. The number of anilines is 1. The molecule has 0 spiro atoms. The number of rotatable bonds is 3. The third-order valence-corrected chi connectivity index (χ3v) is 4.47. The molecule has 1 aliphatic rings. The van der Waals surface area contributed by atoms with E-state index in [0.717, 1.165) is 29.8 Å². The zero-order valence-corrected chi connectivity index (χ0v) is 13.3. The normalized spacial score (nSPS) is 16.3. The van der Waals surface area contributed by atoms with Gasteiger partial charge in [0.1, 0.15) is 0 Å². The Hall–Kier alpha value is -2.69. The lowest BCUT2D eigenvalue weighted by molar-refractivity contribution is 0.748. The summed E-state index contributed by atoms with van der Waals surface area (Å²) >= 11 is 0. The van der Waals surface area contributed by atoms with Crippen LogP contribution in [0.2, 0.25) is 0 Å². The lowest BCUT2D eigenvalue weighted by Crippen LogP contribution is -2.11. The summed E-state index contributed by atoms with van der Waals surface area (Å²) in [6.07, 6.45) is 5.85. The molecule has 5 heteroatoms. The van der Waals surface area contributed by atoms with Gasteiger partial charge in [0.25, 0.3) is 0 Å². The SMILES string of the molecule is Cc1cnc(NC2CCc3ccccc32)nc1-c1ccnn1C. The summed E-state index contributed by atoms with van der Waals surface area (Å²) in [5.41, 5.74) is 5.75. The van der Waals surface area contributed by atoms with Gasteiger partial charge in [0, 0.05) is 19.4 Å². The molecule has 1 atom stereocenters. The van der Waals surface area contributed by atoms with Gasteiger partial charge in [-0.25, -0.2) is 9.97 Å². The van der Waals surface area contributed by atoms with Crippen LogP contribution < -0.4 is 5.32 Å². The summed E-state index contributed by atoms with van der Waals surface area (Å²) in [5.74, 6) is 0.675. The maximum atomic E-state index is 4.73. The fourth-order valence-electron chi connectivity index (χ4n) is 3.24. The molecule has 1 aromatic carbocycles. The summed E-state index contributed by atoms with van der Waals surface area (Å²) in [4.78, 5) is 9.19. The first-order valence-electron chi connectivity index (χ1n) is 7.89. The van der Waals surface area contributed by atoms with E-state index < -0.39 is 0 Å². The maximum Gasteiger partial charge on any atom is 0.223 e. The molecule has 0 amide bonds. The molecule has 23 heavy (non-hydrogen) atoms. The summed E-state index contributed by atoms with van der Waals surface area (Å²) in [6, 6.07) is 10.8. The Labute approximate surface area is 135 Å².